The van der Waals surface area contributed by atoms with Crippen LogP contribution in [0.25, 0.3) is 16.7 Å². The van der Waals surface area contributed by atoms with Gasteiger partial charge in [-0.25, -0.2) is 4.68 Å². The molecule has 22 heavy (non-hydrogen) atoms. The molecule has 0 radical (unpaired) electrons. The number of aryl methyl sites for hydroxylation is 1. The molecule has 1 aliphatic heterocycles. The van der Waals surface area contributed by atoms with E-state index in [9.17, 15) is 4.79 Å². The third-order valence-corrected chi connectivity index (χ3v) is 3.80. The Balaban J connectivity index is 1.96. The van der Waals surface area contributed by atoms with Crippen molar-refractivity contribution in [2.45, 2.75) is 6.92 Å². The van der Waals surface area contributed by atoms with Gasteiger partial charge in [-0.3, -0.25) is 9.79 Å². The van der Waals surface area contributed by atoms with Gasteiger partial charge in [-0.05, 0) is 25.1 Å². The third-order valence-electron chi connectivity index (χ3n) is 3.80. The highest BCUT2D eigenvalue weighted by Crippen LogP contribution is 2.19. The summed E-state index contributed by atoms with van der Waals surface area (Å²) >= 11 is 0. The van der Waals surface area contributed by atoms with Gasteiger partial charge in [0.05, 0.1) is 23.5 Å². The highest BCUT2D eigenvalue weighted by Gasteiger charge is 2.17. The molecule has 2 aromatic heterocycles. The first-order valence-corrected chi connectivity index (χ1v) is 7.21. The molecule has 1 aromatic carbocycles. The first kappa shape index (κ1) is 12.8. The first-order valence-electron chi connectivity index (χ1n) is 7.21. The van der Waals surface area contributed by atoms with Gasteiger partial charge in [-0.15, -0.1) is 0 Å². The summed E-state index contributed by atoms with van der Waals surface area (Å²) in [5.74, 6) is 0.662. The van der Waals surface area contributed by atoms with Crippen molar-refractivity contribution in [2.24, 2.45) is 4.99 Å². The van der Waals surface area contributed by atoms with Crippen LogP contribution in [0, 0.1) is 6.92 Å². The van der Waals surface area contributed by atoms with Crippen molar-refractivity contribution in [3.8, 4) is 5.69 Å². The lowest BCUT2D eigenvalue weighted by atomic mass is 10.2. The van der Waals surface area contributed by atoms with Crippen LogP contribution < -0.4 is 10.9 Å². The lowest BCUT2D eigenvalue weighted by Crippen LogP contribution is -2.27. The second-order valence-corrected chi connectivity index (χ2v) is 5.26. The molecule has 0 amide bonds. The van der Waals surface area contributed by atoms with Crippen LogP contribution in [-0.2, 0) is 0 Å². The summed E-state index contributed by atoms with van der Waals surface area (Å²) in [7, 11) is 0. The average Bonchev–Trinajstić information content (AvgIpc) is 3.16. The van der Waals surface area contributed by atoms with Gasteiger partial charge in [0, 0.05) is 11.9 Å². The number of para-hydroxylation sites is 1. The number of nitrogens with zero attached hydrogens (tertiary/aromatic N) is 3. The maximum absolute atomic E-state index is 12.4. The Kier molecular flexibility index (Phi) is 2.82. The van der Waals surface area contributed by atoms with Crippen LogP contribution in [-0.4, -0.2) is 33.7 Å². The Labute approximate surface area is 126 Å². The van der Waals surface area contributed by atoms with Gasteiger partial charge in [0.25, 0.3) is 5.56 Å². The predicted molar refractivity (Wildman–Crippen MR) is 85.8 cm³/mol. The molecule has 6 nitrogen and oxygen atoms in total. The van der Waals surface area contributed by atoms with Crippen LogP contribution in [0.2, 0.25) is 0 Å². The number of pyridine rings is 1. The van der Waals surface area contributed by atoms with E-state index < -0.39 is 0 Å². The molecule has 1 aliphatic rings. The highest BCUT2D eigenvalue weighted by molar-refractivity contribution is 6.01. The topological polar surface area (TPSA) is 75.1 Å². The molecule has 0 aliphatic carbocycles. The quantitative estimate of drug-likeness (QED) is 0.749. The van der Waals surface area contributed by atoms with Gasteiger partial charge in [0.2, 0.25) is 0 Å². The van der Waals surface area contributed by atoms with Gasteiger partial charge < -0.3 is 10.3 Å². The minimum Gasteiger partial charge on any atom is -0.368 e. The minimum atomic E-state index is -0.155. The predicted octanol–water partition coefficient (Wildman–Crippen LogP) is 1.37. The third kappa shape index (κ3) is 1.92. The average molecular weight is 293 g/mol. The molecular formula is C16H15N5O. The van der Waals surface area contributed by atoms with E-state index in [4.69, 9.17) is 0 Å². The van der Waals surface area contributed by atoms with Gasteiger partial charge in [0.15, 0.2) is 0 Å². The first-order chi connectivity index (χ1) is 10.7. The Hall–Kier alpha value is -2.89. The number of aliphatic imine (C=N–C) groups is 1. The van der Waals surface area contributed by atoms with E-state index in [1.807, 2.05) is 43.3 Å². The van der Waals surface area contributed by atoms with E-state index in [-0.39, 0.29) is 5.56 Å². The second-order valence-electron chi connectivity index (χ2n) is 5.26. The number of aromatic nitrogens is 3. The van der Waals surface area contributed by atoms with Crippen molar-refractivity contribution in [1.29, 1.82) is 0 Å². The number of fused-ring (bicyclic) bond motifs is 1. The molecule has 4 rings (SSSR count). The van der Waals surface area contributed by atoms with Gasteiger partial charge in [0.1, 0.15) is 11.5 Å². The lowest BCUT2D eigenvalue weighted by Gasteiger charge is -2.04. The molecule has 2 N–H and O–H groups in total. The zero-order chi connectivity index (χ0) is 15.1. The van der Waals surface area contributed by atoms with Crippen molar-refractivity contribution in [1.82, 2.24) is 20.1 Å². The van der Waals surface area contributed by atoms with Crippen molar-refractivity contribution in [2.75, 3.05) is 13.1 Å². The van der Waals surface area contributed by atoms with Crippen LogP contribution in [0.4, 0.5) is 0 Å². The smallest absolute Gasteiger partial charge is 0.260 e. The lowest BCUT2D eigenvalue weighted by molar-refractivity contribution is 0.875. The van der Waals surface area contributed by atoms with Crippen LogP contribution >= 0.6 is 0 Å². The van der Waals surface area contributed by atoms with E-state index in [0.717, 1.165) is 23.3 Å². The molecule has 0 saturated heterocycles. The van der Waals surface area contributed by atoms with Crippen molar-refractivity contribution in [3.63, 3.8) is 0 Å². The number of rotatable bonds is 2. The van der Waals surface area contributed by atoms with Gasteiger partial charge >= 0.3 is 0 Å². The van der Waals surface area contributed by atoms with E-state index >= 15 is 0 Å². The maximum atomic E-state index is 12.4. The summed E-state index contributed by atoms with van der Waals surface area (Å²) in [6.45, 7) is 3.41. The van der Waals surface area contributed by atoms with Crippen LogP contribution in [0.3, 0.4) is 0 Å². The minimum absolute atomic E-state index is 0.155. The Morgan fingerprint density at radius 2 is 2.05 bits per heavy atom. The normalized spacial score (nSPS) is 14.1. The molecule has 0 bridgehead atoms. The summed E-state index contributed by atoms with van der Waals surface area (Å²) in [4.78, 5) is 19.7. The van der Waals surface area contributed by atoms with Gasteiger partial charge in [-0.2, -0.15) is 5.10 Å². The summed E-state index contributed by atoms with van der Waals surface area (Å²) < 4.78 is 1.76. The number of H-pyrrole nitrogens is 1. The molecule has 3 heterocycles. The molecule has 110 valence electrons. The van der Waals surface area contributed by atoms with Crippen LogP contribution in [0.1, 0.15) is 11.3 Å². The largest absolute Gasteiger partial charge is 0.368 e. The molecule has 0 fully saturated rings. The van der Waals surface area contributed by atoms with Crippen LogP contribution in [0.15, 0.2) is 46.2 Å². The number of nitrogens with one attached hydrogen (secondary N) is 2. The molecular weight excluding hydrogens is 278 g/mol. The SMILES string of the molecule is Cc1nn(-c2ccccc2)c2[nH]c(=O)c(C3=NCCN3)cc12. The molecule has 0 saturated carbocycles. The van der Waals surface area contributed by atoms with Crippen molar-refractivity contribution < 1.29 is 0 Å². The molecule has 0 spiro atoms. The summed E-state index contributed by atoms with van der Waals surface area (Å²) in [5, 5.41) is 8.62. The summed E-state index contributed by atoms with van der Waals surface area (Å²) in [6, 6.07) is 11.6. The fourth-order valence-electron chi connectivity index (χ4n) is 2.73. The standard InChI is InChI=1S/C16H15N5O/c1-10-12-9-13(14-17-7-8-18-14)16(22)19-15(12)21(20-10)11-5-3-2-4-6-11/h2-6,9H,7-8H2,1H3,(H,17,18)(H,19,22). The zero-order valence-corrected chi connectivity index (χ0v) is 12.1. The van der Waals surface area contributed by atoms with E-state index in [2.05, 4.69) is 20.4 Å². The number of benzene rings is 1. The summed E-state index contributed by atoms with van der Waals surface area (Å²) in [5.41, 5.74) is 2.91. The number of amidine groups is 1. The number of aromatic amines is 1. The fraction of sp³-hybridized carbons (Fsp3) is 0.188. The Morgan fingerprint density at radius 3 is 2.77 bits per heavy atom. The Bertz CT molecular complexity index is 936. The molecule has 0 atom stereocenters. The molecule has 0 unspecified atom stereocenters. The van der Waals surface area contributed by atoms with E-state index in [0.29, 0.717) is 23.6 Å². The second kappa shape index (κ2) is 4.84. The number of hydrogen-bond acceptors (Lipinski definition) is 4. The van der Waals surface area contributed by atoms with Crippen molar-refractivity contribution >= 4 is 16.9 Å². The highest BCUT2D eigenvalue weighted by atomic mass is 16.1. The van der Waals surface area contributed by atoms with Crippen molar-refractivity contribution in [3.05, 3.63) is 58.0 Å². The van der Waals surface area contributed by atoms with Gasteiger partial charge in [-0.1, -0.05) is 18.2 Å². The molecule has 6 heteroatoms. The molecule has 3 aromatic rings. The van der Waals surface area contributed by atoms with E-state index in [1.165, 1.54) is 0 Å². The fourth-order valence-corrected chi connectivity index (χ4v) is 2.73. The van der Waals surface area contributed by atoms with E-state index in [1.54, 1.807) is 4.68 Å². The monoisotopic (exact) mass is 293 g/mol. The Morgan fingerprint density at radius 1 is 1.23 bits per heavy atom. The number of hydrogen-bond donors (Lipinski definition) is 2. The van der Waals surface area contributed by atoms with Crippen LogP contribution in [0.5, 0.6) is 0 Å². The summed E-state index contributed by atoms with van der Waals surface area (Å²) in [6.07, 6.45) is 0. The zero-order valence-electron chi connectivity index (χ0n) is 12.1. The maximum Gasteiger partial charge on any atom is 0.260 e.